The summed E-state index contributed by atoms with van der Waals surface area (Å²) in [7, 11) is 0. The third-order valence-corrected chi connectivity index (χ3v) is 3.20. The predicted molar refractivity (Wildman–Crippen MR) is 74.7 cm³/mol. The number of aryl methyl sites for hydroxylation is 1. The summed E-state index contributed by atoms with van der Waals surface area (Å²) < 4.78 is 0. The van der Waals surface area contributed by atoms with Gasteiger partial charge in [-0.1, -0.05) is 39.3 Å². The van der Waals surface area contributed by atoms with Crippen LogP contribution in [0.5, 0.6) is 0 Å². The van der Waals surface area contributed by atoms with Crippen molar-refractivity contribution in [2.45, 2.75) is 46.5 Å². The van der Waals surface area contributed by atoms with Gasteiger partial charge in [0.1, 0.15) is 0 Å². The number of hydrogen-bond donors (Lipinski definition) is 0. The molecular formula is C16H21N. The predicted octanol–water partition coefficient (Wildman–Crippen LogP) is 4.79. The summed E-state index contributed by atoms with van der Waals surface area (Å²) in [6.07, 6.45) is 0. The quantitative estimate of drug-likeness (QED) is 0.718. The zero-order valence-electron chi connectivity index (χ0n) is 11.4. The van der Waals surface area contributed by atoms with Crippen molar-refractivity contribution in [3.63, 3.8) is 0 Å². The van der Waals surface area contributed by atoms with E-state index in [0.29, 0.717) is 11.8 Å². The minimum atomic E-state index is 0.484. The Morgan fingerprint density at radius 1 is 0.941 bits per heavy atom. The molecule has 0 N–H and O–H groups in total. The first-order valence-electron chi connectivity index (χ1n) is 6.40. The van der Waals surface area contributed by atoms with E-state index in [2.05, 4.69) is 58.9 Å². The molecule has 1 nitrogen and oxygen atoms in total. The van der Waals surface area contributed by atoms with Gasteiger partial charge in [0.2, 0.25) is 0 Å². The molecule has 1 heterocycles. The van der Waals surface area contributed by atoms with Crippen LogP contribution in [0.1, 0.15) is 56.4 Å². The molecule has 1 aromatic carbocycles. The fraction of sp³-hybridized carbons (Fsp3) is 0.438. The lowest BCUT2D eigenvalue weighted by Crippen LogP contribution is -2.02. The summed E-state index contributed by atoms with van der Waals surface area (Å²) in [5, 5.41) is 1.26. The molecule has 0 aliphatic heterocycles. The van der Waals surface area contributed by atoms with Gasteiger partial charge in [0, 0.05) is 11.1 Å². The fourth-order valence-electron chi connectivity index (χ4n) is 2.25. The van der Waals surface area contributed by atoms with Crippen molar-refractivity contribution in [3.8, 4) is 0 Å². The van der Waals surface area contributed by atoms with Crippen LogP contribution in [-0.4, -0.2) is 4.98 Å². The van der Waals surface area contributed by atoms with Crippen LogP contribution in [0.3, 0.4) is 0 Å². The minimum absolute atomic E-state index is 0.484. The molecule has 0 saturated heterocycles. The third kappa shape index (κ3) is 2.33. The highest BCUT2D eigenvalue weighted by Gasteiger charge is 2.12. The molecule has 1 heteroatoms. The molecule has 2 aromatic rings. The molecule has 0 bridgehead atoms. The van der Waals surface area contributed by atoms with Crippen LogP contribution in [0.2, 0.25) is 0 Å². The molecule has 0 saturated carbocycles. The second kappa shape index (κ2) is 4.48. The van der Waals surface area contributed by atoms with E-state index in [-0.39, 0.29) is 0 Å². The first-order chi connectivity index (χ1) is 7.99. The maximum absolute atomic E-state index is 4.84. The molecule has 90 valence electrons. The number of rotatable bonds is 2. The fourth-order valence-corrected chi connectivity index (χ4v) is 2.25. The summed E-state index contributed by atoms with van der Waals surface area (Å²) in [5.74, 6) is 1.02. The maximum Gasteiger partial charge on any atom is 0.0705 e. The highest BCUT2D eigenvalue weighted by molar-refractivity contribution is 5.80. The zero-order chi connectivity index (χ0) is 12.6. The van der Waals surface area contributed by atoms with Crippen LogP contribution in [-0.2, 0) is 0 Å². The standard InChI is InChI=1S/C16H21N/c1-10(2)14-9-13-8-12(5)6-7-15(13)17-16(14)11(3)4/h6-11H,1-5H3. The van der Waals surface area contributed by atoms with Crippen molar-refractivity contribution in [2.24, 2.45) is 0 Å². The van der Waals surface area contributed by atoms with E-state index in [1.165, 1.54) is 22.2 Å². The molecule has 0 amide bonds. The van der Waals surface area contributed by atoms with E-state index in [1.54, 1.807) is 0 Å². The van der Waals surface area contributed by atoms with Gasteiger partial charge in [0.05, 0.1) is 5.52 Å². The molecule has 0 fully saturated rings. The highest BCUT2D eigenvalue weighted by Crippen LogP contribution is 2.28. The number of fused-ring (bicyclic) bond motifs is 1. The van der Waals surface area contributed by atoms with Gasteiger partial charge in [-0.2, -0.15) is 0 Å². The average Bonchev–Trinajstić information content (AvgIpc) is 2.26. The van der Waals surface area contributed by atoms with E-state index >= 15 is 0 Å². The smallest absolute Gasteiger partial charge is 0.0705 e. The molecule has 0 aliphatic rings. The Morgan fingerprint density at radius 2 is 1.65 bits per heavy atom. The van der Waals surface area contributed by atoms with Crippen LogP contribution in [0, 0.1) is 6.92 Å². The Bertz CT molecular complexity index is 538. The topological polar surface area (TPSA) is 12.9 Å². The largest absolute Gasteiger partial charge is 0.252 e. The second-order valence-corrected chi connectivity index (χ2v) is 5.47. The van der Waals surface area contributed by atoms with Gasteiger partial charge >= 0.3 is 0 Å². The molecule has 0 unspecified atom stereocenters. The SMILES string of the molecule is Cc1ccc2nc(C(C)C)c(C(C)C)cc2c1. The van der Waals surface area contributed by atoms with E-state index < -0.39 is 0 Å². The second-order valence-electron chi connectivity index (χ2n) is 5.47. The summed E-state index contributed by atoms with van der Waals surface area (Å²) in [5.41, 5.74) is 5.05. The van der Waals surface area contributed by atoms with E-state index in [9.17, 15) is 0 Å². The van der Waals surface area contributed by atoms with Crippen molar-refractivity contribution in [1.82, 2.24) is 4.98 Å². The van der Waals surface area contributed by atoms with Gasteiger partial charge in [0.15, 0.2) is 0 Å². The first-order valence-corrected chi connectivity index (χ1v) is 6.40. The molecule has 0 radical (unpaired) electrons. The van der Waals surface area contributed by atoms with Crippen molar-refractivity contribution in [2.75, 3.05) is 0 Å². The van der Waals surface area contributed by atoms with Gasteiger partial charge < -0.3 is 0 Å². The summed E-state index contributed by atoms with van der Waals surface area (Å²) in [6.45, 7) is 11.0. The van der Waals surface area contributed by atoms with Crippen molar-refractivity contribution < 1.29 is 0 Å². The van der Waals surface area contributed by atoms with E-state index in [1.807, 2.05) is 0 Å². The number of hydrogen-bond acceptors (Lipinski definition) is 1. The average molecular weight is 227 g/mol. The summed E-state index contributed by atoms with van der Waals surface area (Å²) in [6, 6.07) is 8.79. The number of aromatic nitrogens is 1. The molecule has 17 heavy (non-hydrogen) atoms. The Hall–Kier alpha value is -1.37. The minimum Gasteiger partial charge on any atom is -0.252 e. The van der Waals surface area contributed by atoms with Crippen LogP contribution in [0.25, 0.3) is 10.9 Å². The van der Waals surface area contributed by atoms with Crippen LogP contribution in [0.4, 0.5) is 0 Å². The van der Waals surface area contributed by atoms with Crippen LogP contribution in [0.15, 0.2) is 24.3 Å². The van der Waals surface area contributed by atoms with Gasteiger partial charge in [-0.15, -0.1) is 0 Å². The molecule has 0 spiro atoms. The Morgan fingerprint density at radius 3 is 2.24 bits per heavy atom. The van der Waals surface area contributed by atoms with Crippen molar-refractivity contribution in [3.05, 3.63) is 41.1 Å². The first kappa shape index (κ1) is 12.1. The zero-order valence-corrected chi connectivity index (χ0v) is 11.4. The number of benzene rings is 1. The van der Waals surface area contributed by atoms with Crippen molar-refractivity contribution in [1.29, 1.82) is 0 Å². The van der Waals surface area contributed by atoms with Gasteiger partial charge in [-0.05, 0) is 42.5 Å². The van der Waals surface area contributed by atoms with Gasteiger partial charge in [-0.3, -0.25) is 4.98 Å². The van der Waals surface area contributed by atoms with E-state index in [4.69, 9.17) is 4.98 Å². The van der Waals surface area contributed by atoms with Crippen LogP contribution < -0.4 is 0 Å². The Labute approximate surface area is 104 Å². The molecule has 2 rings (SSSR count). The lowest BCUT2D eigenvalue weighted by Gasteiger charge is -2.16. The molecule has 1 aromatic heterocycles. The van der Waals surface area contributed by atoms with E-state index in [0.717, 1.165) is 5.52 Å². The summed E-state index contributed by atoms with van der Waals surface area (Å²) in [4.78, 5) is 4.84. The summed E-state index contributed by atoms with van der Waals surface area (Å²) >= 11 is 0. The lowest BCUT2D eigenvalue weighted by molar-refractivity contribution is 0.764. The molecule has 0 atom stereocenters. The Kier molecular flexibility index (Phi) is 3.19. The molecular weight excluding hydrogens is 206 g/mol. The lowest BCUT2D eigenvalue weighted by atomic mass is 9.93. The highest BCUT2D eigenvalue weighted by atomic mass is 14.7. The number of pyridine rings is 1. The third-order valence-electron chi connectivity index (χ3n) is 3.20. The normalized spacial score (nSPS) is 11.7. The number of nitrogens with zero attached hydrogens (tertiary/aromatic N) is 1. The van der Waals surface area contributed by atoms with Crippen LogP contribution >= 0.6 is 0 Å². The van der Waals surface area contributed by atoms with Crippen molar-refractivity contribution >= 4 is 10.9 Å². The van der Waals surface area contributed by atoms with Gasteiger partial charge in [-0.25, -0.2) is 0 Å². The monoisotopic (exact) mass is 227 g/mol. The Balaban J connectivity index is 2.72. The molecule has 0 aliphatic carbocycles. The van der Waals surface area contributed by atoms with Gasteiger partial charge in [0.25, 0.3) is 0 Å². The maximum atomic E-state index is 4.84.